The molecule has 6 nitrogen and oxygen atoms in total. The van der Waals surface area contributed by atoms with Crippen LogP contribution in [0.1, 0.15) is 29.2 Å². The molecular formula is C20H18N2O4. The summed E-state index contributed by atoms with van der Waals surface area (Å²) in [5.41, 5.74) is 1.90. The standard InChI is InChI=1S/C20H18N2O4/c21-19(15-4-2-1-3-5-15)20-22-12-17(26-20)13-25-16-9-6-14(7-10-16)8-11-18(23)24/h1-7,9-10,12,21H,8,11,13H2,(H,23,24). The Morgan fingerprint density at radius 3 is 2.54 bits per heavy atom. The minimum Gasteiger partial charge on any atom is -0.486 e. The van der Waals surface area contributed by atoms with Crippen molar-refractivity contribution in [1.29, 1.82) is 5.41 Å². The number of aryl methyl sites for hydroxylation is 1. The molecule has 0 aliphatic rings. The fourth-order valence-electron chi connectivity index (χ4n) is 2.38. The van der Waals surface area contributed by atoms with Crippen molar-refractivity contribution in [2.45, 2.75) is 19.4 Å². The summed E-state index contributed by atoms with van der Waals surface area (Å²) in [6.45, 7) is 0.198. The number of ether oxygens (including phenoxy) is 1. The summed E-state index contributed by atoms with van der Waals surface area (Å²) in [4.78, 5) is 14.7. The minimum absolute atomic E-state index is 0.106. The minimum atomic E-state index is -0.812. The first-order chi connectivity index (χ1) is 12.6. The molecule has 0 saturated heterocycles. The number of carboxylic acid groups (broad SMARTS) is 1. The van der Waals surface area contributed by atoms with Gasteiger partial charge in [-0.05, 0) is 24.1 Å². The third kappa shape index (κ3) is 4.57. The zero-order chi connectivity index (χ0) is 18.4. The van der Waals surface area contributed by atoms with Crippen molar-refractivity contribution >= 4 is 11.7 Å². The van der Waals surface area contributed by atoms with E-state index in [0.29, 0.717) is 17.9 Å². The van der Waals surface area contributed by atoms with Crippen LogP contribution in [-0.4, -0.2) is 21.8 Å². The molecule has 1 aromatic heterocycles. The molecule has 0 saturated carbocycles. The van der Waals surface area contributed by atoms with Gasteiger partial charge in [0.05, 0.1) is 6.20 Å². The number of oxazole rings is 1. The molecule has 0 spiro atoms. The lowest BCUT2D eigenvalue weighted by molar-refractivity contribution is -0.136. The maximum Gasteiger partial charge on any atom is 0.303 e. The first kappa shape index (κ1) is 17.4. The lowest BCUT2D eigenvalue weighted by Crippen LogP contribution is -2.01. The van der Waals surface area contributed by atoms with Gasteiger partial charge in [0.1, 0.15) is 18.1 Å². The number of rotatable bonds is 8. The summed E-state index contributed by atoms with van der Waals surface area (Å²) in [7, 11) is 0. The normalized spacial score (nSPS) is 10.5. The Labute approximate surface area is 150 Å². The van der Waals surface area contributed by atoms with E-state index in [9.17, 15) is 4.79 Å². The zero-order valence-corrected chi connectivity index (χ0v) is 14.0. The summed E-state index contributed by atoms with van der Waals surface area (Å²) >= 11 is 0. The lowest BCUT2D eigenvalue weighted by Gasteiger charge is -2.05. The Morgan fingerprint density at radius 1 is 1.12 bits per heavy atom. The number of hydrogen-bond donors (Lipinski definition) is 2. The molecule has 3 rings (SSSR count). The van der Waals surface area contributed by atoms with E-state index in [1.54, 1.807) is 18.3 Å². The third-order valence-electron chi connectivity index (χ3n) is 3.76. The number of nitrogens with one attached hydrogen (secondary N) is 1. The van der Waals surface area contributed by atoms with Crippen LogP contribution in [0.15, 0.2) is 65.2 Å². The molecule has 0 radical (unpaired) electrons. The van der Waals surface area contributed by atoms with Gasteiger partial charge >= 0.3 is 5.97 Å². The second-order valence-corrected chi connectivity index (χ2v) is 5.70. The predicted octanol–water partition coefficient (Wildman–Crippen LogP) is 3.69. The summed E-state index contributed by atoms with van der Waals surface area (Å²) in [6.07, 6.45) is 2.14. The molecule has 0 unspecified atom stereocenters. The van der Waals surface area contributed by atoms with Crippen molar-refractivity contribution in [2.75, 3.05) is 0 Å². The van der Waals surface area contributed by atoms with Gasteiger partial charge in [-0.1, -0.05) is 42.5 Å². The number of carbonyl (C=O) groups is 1. The van der Waals surface area contributed by atoms with Crippen LogP contribution in [0.5, 0.6) is 5.75 Å². The van der Waals surface area contributed by atoms with Gasteiger partial charge in [-0.25, -0.2) is 4.98 Å². The van der Waals surface area contributed by atoms with Crippen LogP contribution < -0.4 is 4.74 Å². The van der Waals surface area contributed by atoms with E-state index in [1.807, 2.05) is 42.5 Å². The number of benzene rings is 2. The van der Waals surface area contributed by atoms with Crippen molar-refractivity contribution in [1.82, 2.24) is 4.98 Å². The van der Waals surface area contributed by atoms with Crippen LogP contribution >= 0.6 is 0 Å². The second-order valence-electron chi connectivity index (χ2n) is 5.70. The molecule has 0 aliphatic heterocycles. The van der Waals surface area contributed by atoms with Crippen molar-refractivity contribution in [3.8, 4) is 5.75 Å². The van der Waals surface area contributed by atoms with Gasteiger partial charge in [-0.2, -0.15) is 0 Å². The first-order valence-corrected chi connectivity index (χ1v) is 8.14. The van der Waals surface area contributed by atoms with E-state index in [4.69, 9.17) is 19.7 Å². The average Bonchev–Trinajstić information content (AvgIpc) is 3.14. The maximum absolute atomic E-state index is 10.6. The van der Waals surface area contributed by atoms with Gasteiger partial charge in [0.15, 0.2) is 5.76 Å². The SMILES string of the molecule is N=C(c1ccccc1)c1ncc(COc2ccc(CCC(=O)O)cc2)o1. The van der Waals surface area contributed by atoms with E-state index in [1.165, 1.54) is 0 Å². The van der Waals surface area contributed by atoms with Gasteiger partial charge in [0.2, 0.25) is 5.89 Å². The summed E-state index contributed by atoms with van der Waals surface area (Å²) in [5, 5.41) is 16.8. The quantitative estimate of drug-likeness (QED) is 0.604. The van der Waals surface area contributed by atoms with Crippen LogP contribution in [0.4, 0.5) is 0 Å². The van der Waals surface area contributed by atoms with Crippen LogP contribution in [0.25, 0.3) is 0 Å². The highest BCUT2D eigenvalue weighted by atomic mass is 16.5. The third-order valence-corrected chi connectivity index (χ3v) is 3.76. The van der Waals surface area contributed by atoms with E-state index >= 15 is 0 Å². The van der Waals surface area contributed by atoms with E-state index in [-0.39, 0.29) is 24.6 Å². The second kappa shape index (κ2) is 8.11. The molecule has 1 heterocycles. The molecule has 0 bridgehead atoms. The van der Waals surface area contributed by atoms with Gasteiger partial charge in [-0.15, -0.1) is 0 Å². The monoisotopic (exact) mass is 350 g/mol. The molecule has 6 heteroatoms. The first-order valence-electron chi connectivity index (χ1n) is 8.14. The molecule has 3 aromatic rings. The van der Waals surface area contributed by atoms with E-state index in [0.717, 1.165) is 11.1 Å². The maximum atomic E-state index is 10.6. The fourth-order valence-corrected chi connectivity index (χ4v) is 2.38. The van der Waals surface area contributed by atoms with Crippen LogP contribution in [-0.2, 0) is 17.8 Å². The molecule has 0 aliphatic carbocycles. The fraction of sp³-hybridized carbons (Fsp3) is 0.150. The molecule has 2 aromatic carbocycles. The van der Waals surface area contributed by atoms with Crippen molar-refractivity contribution in [3.05, 3.63) is 83.6 Å². The molecule has 0 amide bonds. The topological polar surface area (TPSA) is 96.4 Å². The molecule has 0 atom stereocenters. The number of nitrogens with zero attached hydrogens (tertiary/aromatic N) is 1. The highest BCUT2D eigenvalue weighted by Crippen LogP contribution is 2.16. The van der Waals surface area contributed by atoms with E-state index < -0.39 is 5.97 Å². The highest BCUT2D eigenvalue weighted by molar-refractivity contribution is 6.07. The Hall–Kier alpha value is -3.41. The Balaban J connectivity index is 1.56. The molecule has 0 fully saturated rings. The Kier molecular flexibility index (Phi) is 5.43. The van der Waals surface area contributed by atoms with Crippen molar-refractivity contribution in [3.63, 3.8) is 0 Å². The molecular weight excluding hydrogens is 332 g/mol. The van der Waals surface area contributed by atoms with Crippen molar-refractivity contribution < 1.29 is 19.1 Å². The number of aliphatic carboxylic acids is 1. The van der Waals surface area contributed by atoms with Gasteiger partial charge in [-0.3, -0.25) is 10.2 Å². The summed E-state index contributed by atoms with van der Waals surface area (Å²) < 4.78 is 11.2. The highest BCUT2D eigenvalue weighted by Gasteiger charge is 2.12. The number of hydrogen-bond acceptors (Lipinski definition) is 5. The van der Waals surface area contributed by atoms with Gasteiger partial charge < -0.3 is 14.3 Å². The number of aromatic nitrogens is 1. The van der Waals surface area contributed by atoms with Crippen molar-refractivity contribution in [2.24, 2.45) is 0 Å². The number of carboxylic acids is 1. The van der Waals surface area contributed by atoms with Gasteiger partial charge in [0.25, 0.3) is 0 Å². The average molecular weight is 350 g/mol. The smallest absolute Gasteiger partial charge is 0.303 e. The largest absolute Gasteiger partial charge is 0.486 e. The predicted molar refractivity (Wildman–Crippen MR) is 95.6 cm³/mol. The van der Waals surface area contributed by atoms with Gasteiger partial charge in [0, 0.05) is 12.0 Å². The lowest BCUT2D eigenvalue weighted by atomic mass is 10.1. The summed E-state index contributed by atoms with van der Waals surface area (Å²) in [6, 6.07) is 16.5. The summed E-state index contributed by atoms with van der Waals surface area (Å²) in [5.74, 6) is 0.613. The molecule has 2 N–H and O–H groups in total. The van der Waals surface area contributed by atoms with E-state index in [2.05, 4.69) is 4.98 Å². The van der Waals surface area contributed by atoms with Crippen LogP contribution in [0.3, 0.4) is 0 Å². The Morgan fingerprint density at radius 2 is 1.85 bits per heavy atom. The van der Waals surface area contributed by atoms with Crippen LogP contribution in [0.2, 0.25) is 0 Å². The molecule has 132 valence electrons. The Bertz CT molecular complexity index is 886. The van der Waals surface area contributed by atoms with Crippen LogP contribution in [0, 0.1) is 5.41 Å². The molecule has 26 heavy (non-hydrogen) atoms. The zero-order valence-electron chi connectivity index (χ0n) is 14.0.